The van der Waals surface area contributed by atoms with Crippen LogP contribution in [0, 0.1) is 5.92 Å². The third kappa shape index (κ3) is 4.26. The molecule has 0 spiro atoms. The van der Waals surface area contributed by atoms with Gasteiger partial charge >= 0.3 is 12.1 Å². The van der Waals surface area contributed by atoms with Crippen molar-refractivity contribution in [1.82, 2.24) is 5.32 Å². The average molecular weight is 277 g/mol. The molecule has 1 amide bonds. The highest BCUT2D eigenvalue weighted by molar-refractivity contribution is 5.71. The second-order valence-electron chi connectivity index (χ2n) is 5.10. The summed E-state index contributed by atoms with van der Waals surface area (Å²) in [5.41, 5.74) is 0.904. The van der Waals surface area contributed by atoms with E-state index in [4.69, 9.17) is 9.84 Å². The fourth-order valence-electron chi connectivity index (χ4n) is 2.28. The van der Waals surface area contributed by atoms with Gasteiger partial charge < -0.3 is 15.2 Å². The van der Waals surface area contributed by atoms with Gasteiger partial charge in [-0.05, 0) is 24.3 Å². The molecule has 1 aliphatic rings. The number of amides is 1. The van der Waals surface area contributed by atoms with Gasteiger partial charge in [-0.15, -0.1) is 0 Å². The molecule has 1 atom stereocenters. The molecule has 5 nitrogen and oxygen atoms in total. The maximum Gasteiger partial charge on any atom is 0.407 e. The van der Waals surface area contributed by atoms with E-state index in [-0.39, 0.29) is 25.0 Å². The van der Waals surface area contributed by atoms with Crippen LogP contribution < -0.4 is 5.32 Å². The van der Waals surface area contributed by atoms with Crippen LogP contribution in [-0.2, 0) is 16.1 Å². The van der Waals surface area contributed by atoms with Crippen LogP contribution in [0.4, 0.5) is 4.79 Å². The van der Waals surface area contributed by atoms with E-state index in [1.54, 1.807) is 0 Å². The summed E-state index contributed by atoms with van der Waals surface area (Å²) in [5.74, 6) is -0.638. The summed E-state index contributed by atoms with van der Waals surface area (Å²) in [6.07, 6.45) is 2.44. The zero-order valence-electron chi connectivity index (χ0n) is 11.2. The Morgan fingerprint density at radius 3 is 2.55 bits per heavy atom. The average Bonchev–Trinajstić information content (AvgIpc) is 2.35. The number of alkyl carbamates (subject to hydrolysis) is 1. The Balaban J connectivity index is 1.80. The lowest BCUT2D eigenvalue weighted by atomic mass is 9.78. The van der Waals surface area contributed by atoms with Crippen LogP contribution in [0.3, 0.4) is 0 Å². The summed E-state index contributed by atoms with van der Waals surface area (Å²) in [5, 5.41) is 11.6. The van der Waals surface area contributed by atoms with Crippen LogP contribution in [0.15, 0.2) is 30.3 Å². The van der Waals surface area contributed by atoms with E-state index >= 15 is 0 Å². The van der Waals surface area contributed by atoms with E-state index < -0.39 is 12.1 Å². The third-order valence-corrected chi connectivity index (χ3v) is 3.63. The minimum atomic E-state index is -0.898. The van der Waals surface area contributed by atoms with Crippen LogP contribution in [-0.4, -0.2) is 23.2 Å². The van der Waals surface area contributed by atoms with Crippen molar-refractivity contribution in [2.24, 2.45) is 5.92 Å². The van der Waals surface area contributed by atoms with E-state index in [0.717, 1.165) is 24.8 Å². The summed E-state index contributed by atoms with van der Waals surface area (Å²) in [7, 11) is 0. The summed E-state index contributed by atoms with van der Waals surface area (Å²) in [6.45, 7) is 0.192. The number of nitrogens with one attached hydrogen (secondary N) is 1. The van der Waals surface area contributed by atoms with Crippen LogP contribution in [0.25, 0.3) is 0 Å². The SMILES string of the molecule is O=C(O)C[C@H](NC(=O)OCc1ccccc1)C1CCC1. The van der Waals surface area contributed by atoms with Gasteiger partial charge in [0.25, 0.3) is 0 Å². The normalized spacial score (nSPS) is 16.0. The maximum atomic E-state index is 11.7. The monoisotopic (exact) mass is 277 g/mol. The fourth-order valence-corrected chi connectivity index (χ4v) is 2.28. The number of aliphatic carboxylic acids is 1. The molecule has 0 saturated heterocycles. The first-order valence-electron chi connectivity index (χ1n) is 6.84. The van der Waals surface area contributed by atoms with Crippen molar-refractivity contribution in [2.75, 3.05) is 0 Å². The first-order chi connectivity index (χ1) is 9.65. The predicted octanol–water partition coefficient (Wildman–Crippen LogP) is 2.56. The van der Waals surface area contributed by atoms with Gasteiger partial charge in [0.05, 0.1) is 6.42 Å². The molecule has 1 fully saturated rings. The Morgan fingerprint density at radius 1 is 1.30 bits per heavy atom. The summed E-state index contributed by atoms with van der Waals surface area (Å²) >= 11 is 0. The number of carbonyl (C=O) groups excluding carboxylic acids is 1. The standard InChI is InChI=1S/C15H19NO4/c17-14(18)9-13(12-7-4-8-12)16-15(19)20-10-11-5-2-1-3-6-11/h1-3,5-6,12-13H,4,7-10H2,(H,16,19)(H,17,18)/t13-/m0/s1. The van der Waals surface area contributed by atoms with Crippen LogP contribution in [0.1, 0.15) is 31.2 Å². The van der Waals surface area contributed by atoms with Gasteiger partial charge in [0.15, 0.2) is 0 Å². The minimum Gasteiger partial charge on any atom is -0.481 e. The molecule has 0 aliphatic heterocycles. The molecule has 0 radical (unpaired) electrons. The van der Waals surface area contributed by atoms with Crippen LogP contribution in [0.2, 0.25) is 0 Å². The van der Waals surface area contributed by atoms with Gasteiger partial charge in [0.2, 0.25) is 0 Å². The summed E-state index contributed by atoms with van der Waals surface area (Å²) in [6, 6.07) is 9.05. The Labute approximate surface area is 117 Å². The molecule has 1 aliphatic carbocycles. The van der Waals surface area contributed by atoms with Crippen molar-refractivity contribution in [1.29, 1.82) is 0 Å². The van der Waals surface area contributed by atoms with E-state index in [9.17, 15) is 9.59 Å². The summed E-state index contributed by atoms with van der Waals surface area (Å²) in [4.78, 5) is 22.5. The molecule has 20 heavy (non-hydrogen) atoms. The number of hydrogen-bond donors (Lipinski definition) is 2. The van der Waals surface area contributed by atoms with Crippen LogP contribution >= 0.6 is 0 Å². The molecule has 0 heterocycles. The number of hydrogen-bond acceptors (Lipinski definition) is 3. The molecule has 108 valence electrons. The fraction of sp³-hybridized carbons (Fsp3) is 0.467. The molecule has 1 aromatic carbocycles. The Bertz CT molecular complexity index is 456. The lowest BCUT2D eigenvalue weighted by Crippen LogP contribution is -2.44. The van der Waals surface area contributed by atoms with E-state index in [0.29, 0.717) is 0 Å². The number of benzene rings is 1. The van der Waals surface area contributed by atoms with Gasteiger partial charge in [-0.2, -0.15) is 0 Å². The Morgan fingerprint density at radius 2 is 2.00 bits per heavy atom. The van der Waals surface area contributed by atoms with E-state index in [2.05, 4.69) is 5.32 Å². The molecule has 0 aromatic heterocycles. The highest BCUT2D eigenvalue weighted by Crippen LogP contribution is 2.31. The number of ether oxygens (including phenoxy) is 1. The smallest absolute Gasteiger partial charge is 0.407 e. The molecule has 5 heteroatoms. The second-order valence-corrected chi connectivity index (χ2v) is 5.10. The molecule has 1 saturated carbocycles. The van der Waals surface area contributed by atoms with Gasteiger partial charge in [0, 0.05) is 6.04 Å². The number of carbonyl (C=O) groups is 2. The molecular weight excluding hydrogens is 258 g/mol. The molecule has 1 aromatic rings. The Hall–Kier alpha value is -2.04. The van der Waals surface area contributed by atoms with E-state index in [1.807, 2.05) is 30.3 Å². The first-order valence-corrected chi connectivity index (χ1v) is 6.84. The van der Waals surface area contributed by atoms with Crippen molar-refractivity contribution < 1.29 is 19.4 Å². The number of carboxylic acid groups (broad SMARTS) is 1. The minimum absolute atomic E-state index is 0.0505. The first kappa shape index (κ1) is 14.4. The van der Waals surface area contributed by atoms with Gasteiger partial charge in [-0.25, -0.2) is 4.79 Å². The van der Waals surface area contributed by atoms with Gasteiger partial charge in [-0.1, -0.05) is 36.8 Å². The molecule has 0 unspecified atom stereocenters. The molecule has 2 N–H and O–H groups in total. The highest BCUT2D eigenvalue weighted by atomic mass is 16.5. The van der Waals surface area contributed by atoms with Crippen molar-refractivity contribution in [3.8, 4) is 0 Å². The lowest BCUT2D eigenvalue weighted by molar-refractivity contribution is -0.138. The van der Waals surface area contributed by atoms with Crippen molar-refractivity contribution in [2.45, 2.75) is 38.3 Å². The van der Waals surface area contributed by atoms with Gasteiger partial charge in [0.1, 0.15) is 6.61 Å². The van der Waals surface area contributed by atoms with Crippen molar-refractivity contribution >= 4 is 12.1 Å². The zero-order chi connectivity index (χ0) is 14.4. The van der Waals surface area contributed by atoms with E-state index in [1.165, 1.54) is 0 Å². The second kappa shape index (κ2) is 6.93. The van der Waals surface area contributed by atoms with Crippen LogP contribution in [0.5, 0.6) is 0 Å². The quantitative estimate of drug-likeness (QED) is 0.838. The number of carboxylic acids is 1. The zero-order valence-corrected chi connectivity index (χ0v) is 11.2. The third-order valence-electron chi connectivity index (χ3n) is 3.63. The van der Waals surface area contributed by atoms with Gasteiger partial charge in [-0.3, -0.25) is 4.79 Å². The molecular formula is C15H19NO4. The topological polar surface area (TPSA) is 75.6 Å². The largest absolute Gasteiger partial charge is 0.481 e. The van der Waals surface area contributed by atoms with Crippen molar-refractivity contribution in [3.63, 3.8) is 0 Å². The predicted molar refractivity (Wildman–Crippen MR) is 73.1 cm³/mol. The number of rotatable bonds is 6. The Kier molecular flexibility index (Phi) is 4.98. The molecule has 2 rings (SSSR count). The highest BCUT2D eigenvalue weighted by Gasteiger charge is 2.30. The lowest BCUT2D eigenvalue weighted by Gasteiger charge is -2.33. The maximum absolute atomic E-state index is 11.7. The van der Waals surface area contributed by atoms with Crippen molar-refractivity contribution in [3.05, 3.63) is 35.9 Å². The molecule has 0 bridgehead atoms. The summed E-state index contributed by atoms with van der Waals surface area (Å²) < 4.78 is 5.12.